The summed E-state index contributed by atoms with van der Waals surface area (Å²) in [4.78, 5) is 24.8. The minimum atomic E-state index is -0.236. The molecule has 0 bridgehead atoms. The maximum absolute atomic E-state index is 11.8. The van der Waals surface area contributed by atoms with Gasteiger partial charge in [-0.1, -0.05) is 11.6 Å². The van der Waals surface area contributed by atoms with Crippen molar-refractivity contribution in [3.8, 4) is 0 Å². The molecule has 0 spiro atoms. The van der Waals surface area contributed by atoms with Gasteiger partial charge in [-0.05, 0) is 19.1 Å². The summed E-state index contributed by atoms with van der Waals surface area (Å²) in [5, 5.41) is 0. The molecule has 0 unspecified atom stereocenters. The third-order valence-corrected chi connectivity index (χ3v) is 2.48. The van der Waals surface area contributed by atoms with Gasteiger partial charge in [0.2, 0.25) is 0 Å². The van der Waals surface area contributed by atoms with Crippen LogP contribution in [0, 0.1) is 6.92 Å². The fraction of sp³-hybridized carbons (Fsp3) is 0.273. The molecule has 78 valence electrons. The molecular weight excluding hydrogens is 192 g/mol. The molecule has 0 aromatic heterocycles. The summed E-state index contributed by atoms with van der Waals surface area (Å²) >= 11 is 0. The van der Waals surface area contributed by atoms with Crippen LogP contribution in [0.2, 0.25) is 0 Å². The Kier molecular flexibility index (Phi) is 2.28. The highest BCUT2D eigenvalue weighted by molar-refractivity contribution is 6.21. The molecule has 1 heterocycles. The molecule has 0 fully saturated rings. The number of amides is 2. The smallest absolute Gasteiger partial charge is 0.261 e. The van der Waals surface area contributed by atoms with Gasteiger partial charge in [0.1, 0.15) is 0 Å². The number of nitrogens with zero attached hydrogens (tertiary/aromatic N) is 1. The molecule has 15 heavy (non-hydrogen) atoms. The number of hydrogen-bond donors (Lipinski definition) is 1. The largest absolute Gasteiger partial charge is 0.329 e. The van der Waals surface area contributed by atoms with Gasteiger partial charge in [-0.25, -0.2) is 0 Å². The first-order valence-corrected chi connectivity index (χ1v) is 4.82. The minimum Gasteiger partial charge on any atom is -0.329 e. The van der Waals surface area contributed by atoms with Crippen LogP contribution in [-0.4, -0.2) is 29.8 Å². The Morgan fingerprint density at radius 2 is 1.87 bits per heavy atom. The van der Waals surface area contributed by atoms with Crippen LogP contribution in [0.5, 0.6) is 0 Å². The number of aryl methyl sites for hydroxylation is 1. The van der Waals surface area contributed by atoms with Crippen molar-refractivity contribution >= 4 is 11.8 Å². The normalized spacial score (nSPS) is 14.7. The second kappa shape index (κ2) is 3.47. The lowest BCUT2D eigenvalue weighted by Crippen LogP contribution is -2.34. The van der Waals surface area contributed by atoms with Crippen LogP contribution < -0.4 is 5.73 Å². The zero-order valence-corrected chi connectivity index (χ0v) is 8.49. The van der Waals surface area contributed by atoms with Gasteiger partial charge in [-0.3, -0.25) is 14.5 Å². The first-order valence-electron chi connectivity index (χ1n) is 4.82. The van der Waals surface area contributed by atoms with Gasteiger partial charge in [0.15, 0.2) is 0 Å². The average Bonchev–Trinajstić information content (AvgIpc) is 2.44. The maximum atomic E-state index is 11.8. The van der Waals surface area contributed by atoms with Gasteiger partial charge in [0, 0.05) is 13.1 Å². The molecule has 0 radical (unpaired) electrons. The molecule has 2 N–H and O–H groups in total. The number of carbonyl (C=O) groups is 2. The van der Waals surface area contributed by atoms with Crippen molar-refractivity contribution in [3.63, 3.8) is 0 Å². The second-order valence-corrected chi connectivity index (χ2v) is 3.60. The van der Waals surface area contributed by atoms with E-state index in [2.05, 4.69) is 0 Å². The Hall–Kier alpha value is -1.68. The van der Waals surface area contributed by atoms with Gasteiger partial charge in [0.05, 0.1) is 11.1 Å². The Morgan fingerprint density at radius 3 is 2.53 bits per heavy atom. The summed E-state index contributed by atoms with van der Waals surface area (Å²) in [6, 6.07) is 5.27. The van der Waals surface area contributed by atoms with E-state index in [1.165, 1.54) is 4.90 Å². The first kappa shape index (κ1) is 9.86. The second-order valence-electron chi connectivity index (χ2n) is 3.60. The van der Waals surface area contributed by atoms with Gasteiger partial charge in [-0.15, -0.1) is 0 Å². The Morgan fingerprint density at radius 1 is 1.20 bits per heavy atom. The van der Waals surface area contributed by atoms with E-state index in [9.17, 15) is 9.59 Å². The van der Waals surface area contributed by atoms with E-state index in [4.69, 9.17) is 5.73 Å². The van der Waals surface area contributed by atoms with Gasteiger partial charge in [0.25, 0.3) is 11.8 Å². The maximum Gasteiger partial charge on any atom is 0.261 e. The van der Waals surface area contributed by atoms with Crippen molar-refractivity contribution in [1.29, 1.82) is 0 Å². The molecule has 2 amide bonds. The van der Waals surface area contributed by atoms with Crippen LogP contribution in [0.1, 0.15) is 26.3 Å². The van der Waals surface area contributed by atoms with E-state index in [1.54, 1.807) is 12.1 Å². The molecular formula is C11H12N2O2. The number of nitrogens with two attached hydrogens (primary N) is 1. The Balaban J connectivity index is 2.46. The number of rotatable bonds is 2. The van der Waals surface area contributed by atoms with Gasteiger partial charge < -0.3 is 5.73 Å². The van der Waals surface area contributed by atoms with Crippen molar-refractivity contribution in [2.24, 2.45) is 5.73 Å². The molecule has 0 aliphatic carbocycles. The van der Waals surface area contributed by atoms with E-state index < -0.39 is 0 Å². The van der Waals surface area contributed by atoms with Crippen LogP contribution >= 0.6 is 0 Å². The molecule has 1 aromatic rings. The molecule has 4 heteroatoms. The lowest BCUT2D eigenvalue weighted by molar-refractivity contribution is 0.0659. The number of imide groups is 1. The van der Waals surface area contributed by atoms with Crippen molar-refractivity contribution in [1.82, 2.24) is 4.90 Å². The fourth-order valence-corrected chi connectivity index (χ4v) is 1.74. The predicted molar refractivity (Wildman–Crippen MR) is 55.6 cm³/mol. The third kappa shape index (κ3) is 1.43. The SMILES string of the molecule is Cc1ccc2c(c1)C(=O)N(CCN)C2=O. The number of hydrogen-bond acceptors (Lipinski definition) is 3. The topological polar surface area (TPSA) is 63.4 Å². The summed E-state index contributed by atoms with van der Waals surface area (Å²) in [5.74, 6) is -0.468. The number of benzene rings is 1. The average molecular weight is 204 g/mol. The third-order valence-electron chi connectivity index (χ3n) is 2.48. The number of carbonyl (C=O) groups excluding carboxylic acids is 2. The number of fused-ring (bicyclic) bond motifs is 1. The molecule has 0 saturated heterocycles. The lowest BCUT2D eigenvalue weighted by Gasteiger charge is -2.11. The van der Waals surface area contributed by atoms with Crippen LogP contribution in [0.25, 0.3) is 0 Å². The van der Waals surface area contributed by atoms with E-state index >= 15 is 0 Å². The van der Waals surface area contributed by atoms with E-state index in [1.807, 2.05) is 13.0 Å². The summed E-state index contributed by atoms with van der Waals surface area (Å²) < 4.78 is 0. The molecule has 4 nitrogen and oxygen atoms in total. The van der Waals surface area contributed by atoms with E-state index in [-0.39, 0.29) is 18.4 Å². The molecule has 0 saturated carbocycles. The highest BCUT2D eigenvalue weighted by Gasteiger charge is 2.34. The fourth-order valence-electron chi connectivity index (χ4n) is 1.74. The van der Waals surface area contributed by atoms with Crippen molar-refractivity contribution in [2.45, 2.75) is 6.92 Å². The standard InChI is InChI=1S/C11H12N2O2/c1-7-2-3-8-9(6-7)11(15)13(5-4-12)10(8)14/h2-3,6H,4-5,12H2,1H3. The van der Waals surface area contributed by atoms with E-state index in [0.717, 1.165) is 5.56 Å². The van der Waals surface area contributed by atoms with Crippen LogP contribution in [-0.2, 0) is 0 Å². The summed E-state index contributed by atoms with van der Waals surface area (Å²) in [6.07, 6.45) is 0. The summed E-state index contributed by atoms with van der Waals surface area (Å²) in [6.45, 7) is 2.47. The van der Waals surface area contributed by atoms with Crippen LogP contribution in [0.15, 0.2) is 18.2 Å². The van der Waals surface area contributed by atoms with Crippen LogP contribution in [0.3, 0.4) is 0 Å². The van der Waals surface area contributed by atoms with Crippen molar-refractivity contribution < 1.29 is 9.59 Å². The van der Waals surface area contributed by atoms with Gasteiger partial charge in [-0.2, -0.15) is 0 Å². The monoisotopic (exact) mass is 204 g/mol. The molecule has 1 aromatic carbocycles. The van der Waals surface area contributed by atoms with Crippen molar-refractivity contribution in [2.75, 3.05) is 13.1 Å². The molecule has 2 rings (SSSR count). The van der Waals surface area contributed by atoms with E-state index in [0.29, 0.717) is 17.7 Å². The minimum absolute atomic E-state index is 0.232. The van der Waals surface area contributed by atoms with Gasteiger partial charge >= 0.3 is 0 Å². The zero-order chi connectivity index (χ0) is 11.0. The van der Waals surface area contributed by atoms with Crippen molar-refractivity contribution in [3.05, 3.63) is 34.9 Å². The quantitative estimate of drug-likeness (QED) is 0.715. The highest BCUT2D eigenvalue weighted by atomic mass is 16.2. The molecule has 0 atom stereocenters. The van der Waals surface area contributed by atoms with Crippen LogP contribution in [0.4, 0.5) is 0 Å². The summed E-state index contributed by atoms with van der Waals surface area (Å²) in [7, 11) is 0. The predicted octanol–water partition coefficient (Wildman–Crippen LogP) is 0.550. The molecule has 1 aliphatic rings. The highest BCUT2D eigenvalue weighted by Crippen LogP contribution is 2.23. The summed E-state index contributed by atoms with van der Waals surface area (Å²) in [5.41, 5.74) is 7.31. The zero-order valence-electron chi connectivity index (χ0n) is 8.49. The first-order chi connectivity index (χ1) is 7.15. The lowest BCUT2D eigenvalue weighted by atomic mass is 10.1. The Bertz CT molecular complexity index is 440. The Labute approximate surface area is 87.7 Å². The molecule has 1 aliphatic heterocycles.